The number of ether oxygens (including phenoxy) is 2. The summed E-state index contributed by atoms with van der Waals surface area (Å²) in [5.74, 6) is 1.25. The summed E-state index contributed by atoms with van der Waals surface area (Å²) < 4.78 is 11.6. The molecular weight excluding hydrogens is 352 g/mol. The molecule has 1 heterocycles. The van der Waals surface area contributed by atoms with E-state index < -0.39 is 0 Å². The van der Waals surface area contributed by atoms with Crippen molar-refractivity contribution >= 4 is 11.8 Å². The Bertz CT molecular complexity index is 601. The van der Waals surface area contributed by atoms with Gasteiger partial charge in [0, 0.05) is 24.2 Å². The van der Waals surface area contributed by atoms with E-state index in [1.54, 1.807) is 0 Å². The van der Waals surface area contributed by atoms with Gasteiger partial charge in [-0.2, -0.15) is 0 Å². The highest BCUT2D eigenvalue weighted by molar-refractivity contribution is 5.85. The van der Waals surface area contributed by atoms with Crippen LogP contribution in [0.25, 0.3) is 0 Å². The maximum Gasteiger partial charge on any atom is 0.411 e. The third-order valence-electron chi connectivity index (χ3n) is 5.89. The Balaban J connectivity index is 1.48. The zero-order valence-electron chi connectivity index (χ0n) is 17.3. The van der Waals surface area contributed by atoms with E-state index in [1.807, 2.05) is 24.3 Å². The molecule has 1 N–H and O–H groups in total. The highest BCUT2D eigenvalue weighted by atomic mass is 16.6. The average Bonchev–Trinajstić information content (AvgIpc) is 3.20. The molecule has 0 spiro atoms. The Morgan fingerprint density at radius 1 is 1.14 bits per heavy atom. The molecule has 5 heteroatoms. The van der Waals surface area contributed by atoms with Gasteiger partial charge in [0.2, 0.25) is 0 Å². The first-order valence-corrected chi connectivity index (χ1v) is 11.2. The van der Waals surface area contributed by atoms with Gasteiger partial charge in [-0.25, -0.2) is 4.79 Å². The minimum atomic E-state index is -0.346. The van der Waals surface area contributed by atoms with Crippen molar-refractivity contribution in [3.63, 3.8) is 0 Å². The van der Waals surface area contributed by atoms with Gasteiger partial charge in [0.05, 0.1) is 6.61 Å². The second-order valence-corrected chi connectivity index (χ2v) is 8.20. The maximum absolute atomic E-state index is 12.5. The molecule has 1 aromatic rings. The van der Waals surface area contributed by atoms with Crippen LogP contribution in [0.1, 0.15) is 64.7 Å². The number of nitrogens with zero attached hydrogens (tertiary/aromatic N) is 1. The van der Waals surface area contributed by atoms with Crippen LogP contribution < -0.4 is 10.1 Å². The molecule has 0 radical (unpaired) electrons. The van der Waals surface area contributed by atoms with Crippen LogP contribution >= 0.6 is 0 Å². The van der Waals surface area contributed by atoms with Crippen molar-refractivity contribution in [3.8, 4) is 5.75 Å². The number of carbonyl (C=O) groups excluding carboxylic acids is 1. The van der Waals surface area contributed by atoms with Gasteiger partial charge in [-0.05, 0) is 63.7 Å². The normalized spacial score (nSPS) is 22.8. The van der Waals surface area contributed by atoms with Crippen molar-refractivity contribution in [1.29, 1.82) is 0 Å². The summed E-state index contributed by atoms with van der Waals surface area (Å²) >= 11 is 0. The molecule has 0 bridgehead atoms. The van der Waals surface area contributed by atoms with Crippen molar-refractivity contribution in [2.45, 2.75) is 70.8 Å². The summed E-state index contributed by atoms with van der Waals surface area (Å²) in [6.07, 6.45) is 10.2. The molecule has 3 rings (SSSR count). The highest BCUT2D eigenvalue weighted by Crippen LogP contribution is 2.29. The van der Waals surface area contributed by atoms with Gasteiger partial charge < -0.3 is 14.4 Å². The fourth-order valence-corrected chi connectivity index (χ4v) is 4.33. The second-order valence-electron chi connectivity index (χ2n) is 8.20. The molecular formula is C23H36N2O3. The fourth-order valence-electron chi connectivity index (χ4n) is 4.33. The number of amides is 1. The summed E-state index contributed by atoms with van der Waals surface area (Å²) in [7, 11) is 0. The lowest BCUT2D eigenvalue weighted by atomic mass is 9.86. The minimum absolute atomic E-state index is 0.0304. The lowest BCUT2D eigenvalue weighted by molar-refractivity contribution is 0.0327. The minimum Gasteiger partial charge on any atom is -0.494 e. The van der Waals surface area contributed by atoms with Gasteiger partial charge in [-0.3, -0.25) is 5.32 Å². The van der Waals surface area contributed by atoms with Crippen LogP contribution in [0.2, 0.25) is 0 Å². The quantitative estimate of drug-likeness (QED) is 0.571. The van der Waals surface area contributed by atoms with Crippen molar-refractivity contribution in [3.05, 3.63) is 24.3 Å². The predicted octanol–water partition coefficient (Wildman–Crippen LogP) is 5.46. The summed E-state index contributed by atoms with van der Waals surface area (Å²) in [6.45, 7) is 6.35. The van der Waals surface area contributed by atoms with E-state index >= 15 is 0 Å². The van der Waals surface area contributed by atoms with Crippen molar-refractivity contribution in [1.82, 2.24) is 4.90 Å². The second kappa shape index (κ2) is 11.3. The molecule has 0 aromatic heterocycles. The zero-order valence-corrected chi connectivity index (χ0v) is 17.3. The number of carbonyl (C=O) groups is 1. The summed E-state index contributed by atoms with van der Waals surface area (Å²) in [4.78, 5) is 15.0. The van der Waals surface area contributed by atoms with Crippen LogP contribution in [0.3, 0.4) is 0 Å². The number of benzene rings is 1. The number of unbranched alkanes of at least 4 members (excludes halogenated alkanes) is 2. The van der Waals surface area contributed by atoms with E-state index in [4.69, 9.17) is 9.47 Å². The zero-order chi connectivity index (χ0) is 19.6. The number of hydrogen-bond acceptors (Lipinski definition) is 4. The molecule has 2 aliphatic rings. The van der Waals surface area contributed by atoms with E-state index in [1.165, 1.54) is 45.2 Å². The third-order valence-corrected chi connectivity index (χ3v) is 5.89. The summed E-state index contributed by atoms with van der Waals surface area (Å²) in [5.41, 5.74) is 0.727. The molecule has 1 saturated heterocycles. The van der Waals surface area contributed by atoms with Crippen molar-refractivity contribution in [2.24, 2.45) is 5.92 Å². The highest BCUT2D eigenvalue weighted by Gasteiger charge is 2.30. The third kappa shape index (κ3) is 6.69. The Morgan fingerprint density at radius 2 is 1.96 bits per heavy atom. The monoisotopic (exact) mass is 388 g/mol. The van der Waals surface area contributed by atoms with Gasteiger partial charge in [0.1, 0.15) is 11.9 Å². The standard InChI is InChI=1S/C23H36N2O3/c1-2-3-8-16-27-21-12-9-11-20(17-21)24-23(26)28-22-13-5-4-10-19(22)18-25-14-6-7-15-25/h9,11-12,17,19,22H,2-8,10,13-16,18H2,1H3,(H,24,26)/t19-,22+/m1/s1. The molecule has 2 fully saturated rings. The first-order valence-electron chi connectivity index (χ1n) is 11.2. The average molecular weight is 389 g/mol. The fraction of sp³-hybridized carbons (Fsp3) is 0.696. The predicted molar refractivity (Wildman–Crippen MR) is 113 cm³/mol. The molecule has 5 nitrogen and oxygen atoms in total. The van der Waals surface area contributed by atoms with Crippen LogP contribution in [0.4, 0.5) is 10.5 Å². The number of nitrogens with one attached hydrogen (secondary N) is 1. The van der Waals surface area contributed by atoms with Gasteiger partial charge >= 0.3 is 6.09 Å². The van der Waals surface area contributed by atoms with Gasteiger partial charge in [0.15, 0.2) is 0 Å². The van der Waals surface area contributed by atoms with E-state index in [2.05, 4.69) is 17.1 Å². The lowest BCUT2D eigenvalue weighted by Crippen LogP contribution is -2.38. The Kier molecular flexibility index (Phi) is 8.46. The van der Waals surface area contributed by atoms with Crippen LogP contribution in [0.5, 0.6) is 5.75 Å². The smallest absolute Gasteiger partial charge is 0.411 e. The van der Waals surface area contributed by atoms with Crippen LogP contribution in [0.15, 0.2) is 24.3 Å². The van der Waals surface area contributed by atoms with Gasteiger partial charge in [-0.1, -0.05) is 32.3 Å². The number of anilines is 1. The Morgan fingerprint density at radius 3 is 2.79 bits per heavy atom. The Labute approximate surface area is 169 Å². The van der Waals surface area contributed by atoms with Crippen molar-refractivity contribution < 1.29 is 14.3 Å². The molecule has 1 aliphatic heterocycles. The molecule has 2 atom stereocenters. The molecule has 156 valence electrons. The largest absolute Gasteiger partial charge is 0.494 e. The van der Waals surface area contributed by atoms with Gasteiger partial charge in [0.25, 0.3) is 0 Å². The SMILES string of the molecule is CCCCCOc1cccc(NC(=O)O[C@H]2CCCC[C@@H]2CN2CCCC2)c1. The number of hydrogen-bond donors (Lipinski definition) is 1. The maximum atomic E-state index is 12.5. The Hall–Kier alpha value is -1.75. The van der Waals surface area contributed by atoms with Crippen LogP contribution in [0, 0.1) is 5.92 Å². The van der Waals surface area contributed by atoms with E-state index in [9.17, 15) is 4.79 Å². The van der Waals surface area contributed by atoms with E-state index in [0.29, 0.717) is 12.5 Å². The molecule has 1 saturated carbocycles. The molecule has 1 amide bonds. The van der Waals surface area contributed by atoms with E-state index in [-0.39, 0.29) is 12.2 Å². The summed E-state index contributed by atoms with van der Waals surface area (Å²) in [5, 5.41) is 2.89. The first-order chi connectivity index (χ1) is 13.7. The molecule has 28 heavy (non-hydrogen) atoms. The van der Waals surface area contributed by atoms with E-state index in [0.717, 1.165) is 43.7 Å². The molecule has 1 aromatic carbocycles. The van der Waals surface area contributed by atoms with Crippen LogP contribution in [-0.2, 0) is 4.74 Å². The first kappa shape index (κ1) is 21.0. The van der Waals surface area contributed by atoms with Gasteiger partial charge in [-0.15, -0.1) is 0 Å². The van der Waals surface area contributed by atoms with Crippen molar-refractivity contribution in [2.75, 3.05) is 31.6 Å². The lowest BCUT2D eigenvalue weighted by Gasteiger charge is -2.33. The summed E-state index contributed by atoms with van der Waals surface area (Å²) in [6, 6.07) is 7.58. The number of rotatable bonds is 9. The molecule has 0 unspecified atom stereocenters. The topological polar surface area (TPSA) is 50.8 Å². The van der Waals surface area contributed by atoms with Crippen LogP contribution in [-0.4, -0.2) is 43.3 Å². The number of likely N-dealkylation sites (tertiary alicyclic amines) is 1. The molecule has 1 aliphatic carbocycles.